The van der Waals surface area contributed by atoms with Gasteiger partial charge in [-0.15, -0.1) is 0 Å². The Bertz CT molecular complexity index is 783. The standard InChI is InChI=1S/C10H13N4O7P/c15-5-1-7(21-6(5)2-20-22(17,18)19)14-4-13-8-9(14)11-3-12-10(8)16/h3-7,15H,1-2H2,(H,11,12,16)(H2,17,18,19)/p-2. The van der Waals surface area contributed by atoms with E-state index < -0.39 is 38.4 Å². The lowest BCUT2D eigenvalue weighted by molar-refractivity contribution is -0.343. The van der Waals surface area contributed by atoms with E-state index in [1.807, 2.05) is 0 Å². The van der Waals surface area contributed by atoms with Gasteiger partial charge in [-0.25, -0.2) is 9.97 Å². The number of phosphoric acid groups is 1. The Labute approximate surface area is 122 Å². The number of aliphatic hydroxyl groups excluding tert-OH is 1. The fourth-order valence-electron chi connectivity index (χ4n) is 2.27. The molecule has 12 heteroatoms. The van der Waals surface area contributed by atoms with Gasteiger partial charge in [0, 0.05) is 6.42 Å². The molecule has 22 heavy (non-hydrogen) atoms. The van der Waals surface area contributed by atoms with Crippen LogP contribution in [0.1, 0.15) is 12.6 Å². The number of nitrogens with one attached hydrogen (secondary N) is 1. The Morgan fingerprint density at radius 3 is 3.05 bits per heavy atom. The zero-order valence-electron chi connectivity index (χ0n) is 11.0. The minimum absolute atomic E-state index is 0.107. The Morgan fingerprint density at radius 2 is 2.32 bits per heavy atom. The van der Waals surface area contributed by atoms with Crippen molar-refractivity contribution in [2.45, 2.75) is 24.9 Å². The van der Waals surface area contributed by atoms with Crippen molar-refractivity contribution in [3.8, 4) is 0 Å². The summed E-state index contributed by atoms with van der Waals surface area (Å²) in [7, 11) is -5.14. The quantitative estimate of drug-likeness (QED) is 0.582. The number of rotatable bonds is 4. The molecule has 0 bridgehead atoms. The minimum Gasteiger partial charge on any atom is -0.790 e. The molecule has 1 aliphatic rings. The highest BCUT2D eigenvalue weighted by molar-refractivity contribution is 7.43. The molecule has 120 valence electrons. The van der Waals surface area contributed by atoms with Crippen LogP contribution in [0.5, 0.6) is 0 Å². The van der Waals surface area contributed by atoms with Crippen molar-refractivity contribution in [1.29, 1.82) is 0 Å². The van der Waals surface area contributed by atoms with Gasteiger partial charge in [-0.05, 0) is 0 Å². The molecule has 3 atom stereocenters. The summed E-state index contributed by atoms with van der Waals surface area (Å²) in [6.07, 6.45) is -0.0764. The average molecular weight is 330 g/mol. The van der Waals surface area contributed by atoms with Gasteiger partial charge in [-0.3, -0.25) is 9.36 Å². The Balaban J connectivity index is 1.80. The first-order valence-electron chi connectivity index (χ1n) is 6.25. The number of hydrogen-bond donors (Lipinski definition) is 2. The van der Waals surface area contributed by atoms with Crippen molar-refractivity contribution in [3.63, 3.8) is 0 Å². The predicted molar refractivity (Wildman–Crippen MR) is 66.2 cm³/mol. The highest BCUT2D eigenvalue weighted by Crippen LogP contribution is 2.33. The summed E-state index contributed by atoms with van der Waals surface area (Å²) in [5, 5.41) is 9.86. The normalized spacial score (nSPS) is 25.9. The van der Waals surface area contributed by atoms with Gasteiger partial charge in [0.25, 0.3) is 5.56 Å². The summed E-state index contributed by atoms with van der Waals surface area (Å²) in [4.78, 5) is 42.8. The highest BCUT2D eigenvalue weighted by atomic mass is 31.2. The van der Waals surface area contributed by atoms with E-state index in [2.05, 4.69) is 19.5 Å². The van der Waals surface area contributed by atoms with Gasteiger partial charge in [0.05, 0.1) is 33.2 Å². The summed E-state index contributed by atoms with van der Waals surface area (Å²) < 4.78 is 21.5. The molecule has 11 nitrogen and oxygen atoms in total. The summed E-state index contributed by atoms with van der Waals surface area (Å²) in [6, 6.07) is 0. The predicted octanol–water partition coefficient (Wildman–Crippen LogP) is -2.39. The van der Waals surface area contributed by atoms with E-state index in [0.29, 0.717) is 0 Å². The van der Waals surface area contributed by atoms with Gasteiger partial charge in [-0.1, -0.05) is 0 Å². The zero-order valence-corrected chi connectivity index (χ0v) is 11.9. The van der Waals surface area contributed by atoms with E-state index in [1.165, 1.54) is 17.2 Å². The Morgan fingerprint density at radius 1 is 1.55 bits per heavy atom. The van der Waals surface area contributed by atoms with E-state index in [1.54, 1.807) is 0 Å². The van der Waals surface area contributed by atoms with Crippen LogP contribution >= 0.6 is 7.82 Å². The second-order valence-electron chi connectivity index (χ2n) is 4.73. The molecule has 1 saturated heterocycles. The lowest BCUT2D eigenvalue weighted by Gasteiger charge is -2.30. The fraction of sp³-hybridized carbons (Fsp3) is 0.500. The summed E-state index contributed by atoms with van der Waals surface area (Å²) >= 11 is 0. The van der Waals surface area contributed by atoms with Crippen molar-refractivity contribution in [2.24, 2.45) is 0 Å². The lowest BCUT2D eigenvalue weighted by atomic mass is 10.2. The van der Waals surface area contributed by atoms with Crippen LogP contribution in [-0.4, -0.2) is 43.4 Å². The molecule has 3 unspecified atom stereocenters. The van der Waals surface area contributed by atoms with Crippen LogP contribution in [0.4, 0.5) is 0 Å². The lowest BCUT2D eigenvalue weighted by Crippen LogP contribution is -2.29. The maximum Gasteiger partial charge on any atom is 0.278 e. The van der Waals surface area contributed by atoms with Crippen LogP contribution in [0.3, 0.4) is 0 Å². The molecule has 3 heterocycles. The van der Waals surface area contributed by atoms with Crippen molar-refractivity contribution < 1.29 is 28.7 Å². The smallest absolute Gasteiger partial charge is 0.278 e. The number of phosphoric ester groups is 1. The van der Waals surface area contributed by atoms with Crippen molar-refractivity contribution in [3.05, 3.63) is 23.0 Å². The van der Waals surface area contributed by atoms with Crippen LogP contribution < -0.4 is 15.3 Å². The maximum atomic E-state index is 11.6. The Kier molecular flexibility index (Phi) is 3.85. The number of hydrogen-bond acceptors (Lipinski definition) is 9. The topological polar surface area (TPSA) is 165 Å². The minimum atomic E-state index is -5.14. The van der Waals surface area contributed by atoms with Crippen molar-refractivity contribution >= 4 is 19.0 Å². The average Bonchev–Trinajstić information content (AvgIpc) is 3.00. The number of aromatic nitrogens is 4. The molecule has 0 radical (unpaired) electrons. The van der Waals surface area contributed by atoms with Crippen LogP contribution in [0, 0.1) is 0 Å². The first-order valence-corrected chi connectivity index (χ1v) is 7.71. The number of fused-ring (bicyclic) bond motifs is 1. The first kappa shape index (κ1) is 15.3. The van der Waals surface area contributed by atoms with Gasteiger partial charge in [0.15, 0.2) is 11.2 Å². The fourth-order valence-corrected chi connectivity index (χ4v) is 2.60. The maximum absolute atomic E-state index is 11.6. The van der Waals surface area contributed by atoms with Crippen molar-refractivity contribution in [1.82, 2.24) is 19.5 Å². The third-order valence-electron chi connectivity index (χ3n) is 3.28. The summed E-state index contributed by atoms with van der Waals surface area (Å²) in [5.74, 6) is 0. The van der Waals surface area contributed by atoms with Gasteiger partial charge < -0.3 is 33.7 Å². The van der Waals surface area contributed by atoms with Gasteiger partial charge in [0.2, 0.25) is 0 Å². The molecule has 1 aliphatic heterocycles. The highest BCUT2D eigenvalue weighted by Gasteiger charge is 2.36. The molecule has 2 aromatic heterocycles. The number of nitrogens with zero attached hydrogens (tertiary/aromatic N) is 3. The van der Waals surface area contributed by atoms with Crippen molar-refractivity contribution in [2.75, 3.05) is 6.61 Å². The zero-order chi connectivity index (χ0) is 15.9. The largest absolute Gasteiger partial charge is 0.790 e. The SMILES string of the molecule is O=c1[nH]cnc2c1ncn2C1CC(O)C(COP(=O)([O-])[O-])O1. The van der Waals surface area contributed by atoms with Crippen LogP contribution in [-0.2, 0) is 13.8 Å². The number of aliphatic hydroxyl groups is 1. The molecular formula is C10H11N4O7P-2. The van der Waals surface area contributed by atoms with E-state index in [-0.39, 0.29) is 17.6 Å². The first-order chi connectivity index (χ1) is 10.3. The van der Waals surface area contributed by atoms with E-state index in [0.717, 1.165) is 0 Å². The monoisotopic (exact) mass is 330 g/mol. The third kappa shape index (κ3) is 2.95. The second kappa shape index (κ2) is 5.54. The second-order valence-corrected chi connectivity index (χ2v) is 5.88. The third-order valence-corrected chi connectivity index (χ3v) is 3.74. The molecular weight excluding hydrogens is 319 g/mol. The van der Waals surface area contributed by atoms with E-state index in [4.69, 9.17) is 4.74 Å². The molecule has 2 N–H and O–H groups in total. The molecule has 1 fully saturated rings. The van der Waals surface area contributed by atoms with Crippen LogP contribution in [0.25, 0.3) is 11.2 Å². The Hall–Kier alpha value is -1.62. The molecule has 0 saturated carbocycles. The molecule has 0 spiro atoms. The summed E-state index contributed by atoms with van der Waals surface area (Å²) in [5.41, 5.74) is -0.0365. The van der Waals surface area contributed by atoms with Gasteiger partial charge >= 0.3 is 0 Å². The van der Waals surface area contributed by atoms with E-state index >= 15 is 0 Å². The van der Waals surface area contributed by atoms with Gasteiger partial charge in [-0.2, -0.15) is 0 Å². The summed E-state index contributed by atoms with van der Waals surface area (Å²) in [6.45, 7) is -0.581. The molecule has 0 amide bonds. The molecule has 0 aliphatic carbocycles. The molecule has 0 aromatic carbocycles. The number of ether oxygens (including phenoxy) is 1. The number of aromatic amines is 1. The number of H-pyrrole nitrogens is 1. The van der Waals surface area contributed by atoms with Crippen LogP contribution in [0.15, 0.2) is 17.4 Å². The van der Waals surface area contributed by atoms with Crippen LogP contribution in [0.2, 0.25) is 0 Å². The number of imidazole rings is 1. The van der Waals surface area contributed by atoms with Gasteiger partial charge in [0.1, 0.15) is 12.3 Å². The van der Waals surface area contributed by atoms with E-state index in [9.17, 15) is 24.3 Å². The molecule has 2 aromatic rings. The molecule has 3 rings (SSSR count).